The zero-order valence-corrected chi connectivity index (χ0v) is 8.09. The van der Waals surface area contributed by atoms with Crippen LogP contribution in [0.25, 0.3) is 0 Å². The van der Waals surface area contributed by atoms with Gasteiger partial charge >= 0.3 is 6.61 Å². The molecule has 12 heavy (non-hydrogen) atoms. The first-order valence-corrected chi connectivity index (χ1v) is 4.22. The van der Waals surface area contributed by atoms with E-state index in [0.29, 0.717) is 0 Å². The Bertz CT molecular complexity index is 240. The van der Waals surface area contributed by atoms with Gasteiger partial charge in [-0.15, -0.1) is 0 Å². The summed E-state index contributed by atoms with van der Waals surface area (Å²) in [6.45, 7) is -2.76. The molecule has 0 fully saturated rings. The Morgan fingerprint density at radius 2 is 1.83 bits per heavy atom. The van der Waals surface area contributed by atoms with E-state index >= 15 is 0 Å². The van der Waals surface area contributed by atoms with Crippen molar-refractivity contribution in [2.45, 2.75) is 6.61 Å². The average molecular weight is 285 g/mol. The van der Waals surface area contributed by atoms with Gasteiger partial charge in [-0.05, 0) is 24.3 Å². The zero-order valence-electron chi connectivity index (χ0n) is 5.93. The van der Waals surface area contributed by atoms with Gasteiger partial charge in [0.15, 0.2) is 0 Å². The summed E-state index contributed by atoms with van der Waals surface area (Å²) < 4.78 is 30.3. The van der Waals surface area contributed by atoms with Crippen LogP contribution < -0.4 is 8.27 Å². The van der Waals surface area contributed by atoms with Crippen molar-refractivity contribution < 1.29 is 13.5 Å². The van der Waals surface area contributed by atoms with Gasteiger partial charge in [0.2, 0.25) is 0 Å². The number of nitrogens with one attached hydrogen (secondary N) is 1. The molecule has 0 radical (unpaired) electrons. The van der Waals surface area contributed by atoms with E-state index in [1.54, 1.807) is 12.1 Å². The van der Waals surface area contributed by atoms with Crippen LogP contribution in [0.3, 0.4) is 0 Å². The van der Waals surface area contributed by atoms with Gasteiger partial charge in [-0.3, -0.25) is 0 Å². The van der Waals surface area contributed by atoms with E-state index in [4.69, 9.17) is 0 Å². The summed E-state index contributed by atoms with van der Waals surface area (Å²) >= 11 is 1.95. The number of hydrogen-bond donors (Lipinski definition) is 1. The number of ether oxygens (including phenoxy) is 1. The summed E-state index contributed by atoms with van der Waals surface area (Å²) in [6, 6.07) is 6.27. The Labute approximate surface area is 82.4 Å². The fourth-order valence-corrected chi connectivity index (χ4v) is 1.06. The maximum atomic E-state index is 11.7. The third kappa shape index (κ3) is 2.80. The number of rotatable bonds is 3. The minimum absolute atomic E-state index is 0.167. The quantitative estimate of drug-likeness (QED) is 0.680. The molecule has 0 amide bonds. The molecule has 0 heterocycles. The Kier molecular flexibility index (Phi) is 3.51. The molecule has 0 aliphatic carbocycles. The van der Waals surface area contributed by atoms with Crippen LogP contribution in [0.1, 0.15) is 0 Å². The smallest absolute Gasteiger partial charge is 0.387 e. The van der Waals surface area contributed by atoms with Crippen molar-refractivity contribution in [2.75, 3.05) is 3.53 Å². The number of hydrogen-bond acceptors (Lipinski definition) is 2. The molecular weight excluding hydrogens is 279 g/mol. The molecule has 0 aliphatic heterocycles. The molecule has 0 saturated carbocycles. The zero-order chi connectivity index (χ0) is 8.97. The van der Waals surface area contributed by atoms with Gasteiger partial charge < -0.3 is 8.27 Å². The maximum Gasteiger partial charge on any atom is 0.387 e. The maximum absolute atomic E-state index is 11.7. The summed E-state index contributed by atoms with van der Waals surface area (Å²) in [5.41, 5.74) is 0.845. The Morgan fingerprint density at radius 3 is 2.25 bits per heavy atom. The van der Waals surface area contributed by atoms with Crippen molar-refractivity contribution in [3.8, 4) is 5.75 Å². The second-order valence-electron chi connectivity index (χ2n) is 2.00. The van der Waals surface area contributed by atoms with Crippen LogP contribution in [-0.4, -0.2) is 6.61 Å². The molecule has 0 unspecified atom stereocenters. The standard InChI is InChI=1S/C7H6F2INO/c8-7(9)12-6-3-1-5(11-10)2-4-6/h1-4,7,11H. The van der Waals surface area contributed by atoms with Gasteiger partial charge in [0, 0.05) is 5.69 Å². The highest BCUT2D eigenvalue weighted by Crippen LogP contribution is 2.18. The van der Waals surface area contributed by atoms with Crippen LogP contribution in [0.15, 0.2) is 24.3 Å². The lowest BCUT2D eigenvalue weighted by Gasteiger charge is -2.04. The lowest BCUT2D eigenvalue weighted by atomic mass is 10.3. The highest BCUT2D eigenvalue weighted by molar-refractivity contribution is 14.1. The molecule has 1 N–H and O–H groups in total. The molecule has 0 spiro atoms. The largest absolute Gasteiger partial charge is 0.435 e. The minimum atomic E-state index is -2.76. The van der Waals surface area contributed by atoms with Crippen molar-refractivity contribution in [3.63, 3.8) is 0 Å². The predicted molar refractivity (Wildman–Crippen MR) is 50.7 cm³/mol. The SMILES string of the molecule is FC(F)Oc1ccc(NI)cc1. The van der Waals surface area contributed by atoms with Gasteiger partial charge in [0.25, 0.3) is 0 Å². The molecule has 0 aromatic heterocycles. The molecule has 0 aliphatic rings. The summed E-state index contributed by atoms with van der Waals surface area (Å²) in [5.74, 6) is 0.167. The van der Waals surface area contributed by atoms with Crippen LogP contribution in [0, 0.1) is 0 Å². The Balaban J connectivity index is 2.65. The van der Waals surface area contributed by atoms with Gasteiger partial charge in [0.1, 0.15) is 5.75 Å². The van der Waals surface area contributed by atoms with Crippen molar-refractivity contribution in [1.82, 2.24) is 0 Å². The van der Waals surface area contributed by atoms with Crippen molar-refractivity contribution in [3.05, 3.63) is 24.3 Å². The van der Waals surface area contributed by atoms with Gasteiger partial charge in [-0.2, -0.15) is 8.78 Å². The first-order chi connectivity index (χ1) is 5.72. The Hall–Kier alpha value is -0.590. The van der Waals surface area contributed by atoms with Gasteiger partial charge in [-0.1, -0.05) is 0 Å². The number of anilines is 1. The fourth-order valence-electron chi connectivity index (χ4n) is 0.699. The van der Waals surface area contributed by atoms with Gasteiger partial charge in [-0.25, -0.2) is 0 Å². The van der Waals surface area contributed by atoms with Crippen LogP contribution in [0.2, 0.25) is 0 Å². The van der Waals surface area contributed by atoms with Crippen LogP contribution in [0.4, 0.5) is 14.5 Å². The third-order valence-electron chi connectivity index (χ3n) is 1.19. The lowest BCUT2D eigenvalue weighted by Crippen LogP contribution is -2.01. The predicted octanol–water partition coefficient (Wildman–Crippen LogP) is 3.05. The highest BCUT2D eigenvalue weighted by Gasteiger charge is 2.02. The molecule has 0 bridgehead atoms. The first-order valence-electron chi connectivity index (χ1n) is 3.14. The van der Waals surface area contributed by atoms with E-state index in [9.17, 15) is 8.78 Å². The number of benzene rings is 1. The van der Waals surface area contributed by atoms with Crippen molar-refractivity contribution >= 4 is 28.6 Å². The molecular formula is C7H6F2INO. The minimum Gasteiger partial charge on any atom is -0.435 e. The summed E-state index contributed by atoms with van der Waals surface area (Å²) in [4.78, 5) is 0. The van der Waals surface area contributed by atoms with Crippen LogP contribution >= 0.6 is 22.9 Å². The third-order valence-corrected chi connectivity index (χ3v) is 1.81. The summed E-state index contributed by atoms with van der Waals surface area (Å²) in [6.07, 6.45) is 0. The average Bonchev–Trinajstić information content (AvgIpc) is 2.05. The molecule has 0 atom stereocenters. The number of halogens is 3. The summed E-state index contributed by atoms with van der Waals surface area (Å²) in [5, 5.41) is 0. The van der Waals surface area contributed by atoms with E-state index in [2.05, 4.69) is 8.27 Å². The highest BCUT2D eigenvalue weighted by atomic mass is 127. The molecule has 5 heteroatoms. The molecule has 66 valence electrons. The number of alkyl halides is 2. The normalized spacial score (nSPS) is 10.0. The monoisotopic (exact) mass is 285 g/mol. The van der Waals surface area contributed by atoms with E-state index in [1.807, 2.05) is 22.9 Å². The lowest BCUT2D eigenvalue weighted by molar-refractivity contribution is -0.0498. The van der Waals surface area contributed by atoms with Crippen LogP contribution in [-0.2, 0) is 0 Å². The fraction of sp³-hybridized carbons (Fsp3) is 0.143. The molecule has 1 aromatic carbocycles. The van der Waals surface area contributed by atoms with Crippen molar-refractivity contribution in [1.29, 1.82) is 0 Å². The second kappa shape index (κ2) is 4.44. The van der Waals surface area contributed by atoms with E-state index in [0.717, 1.165) is 5.69 Å². The van der Waals surface area contributed by atoms with E-state index in [1.165, 1.54) is 12.1 Å². The van der Waals surface area contributed by atoms with E-state index in [-0.39, 0.29) is 5.75 Å². The van der Waals surface area contributed by atoms with Gasteiger partial charge in [0.05, 0.1) is 22.9 Å². The Morgan fingerprint density at radius 1 is 1.25 bits per heavy atom. The molecule has 1 aromatic rings. The topological polar surface area (TPSA) is 21.3 Å². The van der Waals surface area contributed by atoms with E-state index < -0.39 is 6.61 Å². The molecule has 2 nitrogen and oxygen atoms in total. The van der Waals surface area contributed by atoms with Crippen molar-refractivity contribution in [2.24, 2.45) is 0 Å². The molecule has 1 rings (SSSR count). The summed E-state index contributed by atoms with van der Waals surface area (Å²) in [7, 11) is 0. The van der Waals surface area contributed by atoms with Crippen LogP contribution in [0.5, 0.6) is 5.75 Å². The first kappa shape index (κ1) is 9.50. The second-order valence-corrected chi connectivity index (χ2v) is 2.54. The molecule has 0 saturated heterocycles.